The Hall–Kier alpha value is -1.22. The van der Waals surface area contributed by atoms with Crippen LogP contribution in [0.25, 0.3) is 0 Å². The summed E-state index contributed by atoms with van der Waals surface area (Å²) in [4.78, 5) is 8.40. The van der Waals surface area contributed by atoms with Gasteiger partial charge in [-0.15, -0.1) is 6.58 Å². The van der Waals surface area contributed by atoms with Crippen molar-refractivity contribution in [3.63, 3.8) is 0 Å². The molecule has 1 N–H and O–H groups in total. The zero-order valence-electron chi connectivity index (χ0n) is 10.1. The molecule has 1 aromatic rings. The molecule has 0 unspecified atom stereocenters. The topological polar surface area (TPSA) is 37.8 Å². The molecular weight excluding hydrogens is 198 g/mol. The van der Waals surface area contributed by atoms with Crippen molar-refractivity contribution in [3.8, 4) is 0 Å². The molecule has 0 aromatic carbocycles. The predicted molar refractivity (Wildman–Crippen MR) is 67.1 cm³/mol. The minimum absolute atomic E-state index is 0.838. The van der Waals surface area contributed by atoms with Gasteiger partial charge < -0.3 is 5.32 Å². The number of unbranched alkanes of at least 4 members (excludes halogenated alkanes) is 3. The summed E-state index contributed by atoms with van der Waals surface area (Å²) in [6, 6.07) is 1.96. The van der Waals surface area contributed by atoms with Crippen LogP contribution in [0.15, 0.2) is 24.9 Å². The normalized spacial score (nSPS) is 10.3. The highest BCUT2D eigenvalue weighted by molar-refractivity contribution is 5.00. The first-order chi connectivity index (χ1) is 7.83. The molecule has 0 aliphatic heterocycles. The fourth-order valence-corrected chi connectivity index (χ4v) is 1.54. The fourth-order valence-electron chi connectivity index (χ4n) is 1.54. The van der Waals surface area contributed by atoms with Gasteiger partial charge in [-0.3, -0.25) is 0 Å². The van der Waals surface area contributed by atoms with Gasteiger partial charge in [0.05, 0.1) is 5.69 Å². The second-order valence-electron chi connectivity index (χ2n) is 3.91. The molecule has 0 bridgehead atoms. The molecule has 0 fully saturated rings. The number of hydrogen-bond donors (Lipinski definition) is 1. The van der Waals surface area contributed by atoms with Crippen molar-refractivity contribution in [1.82, 2.24) is 15.3 Å². The number of nitrogens with zero attached hydrogens (tertiary/aromatic N) is 2. The molecule has 0 saturated heterocycles. The van der Waals surface area contributed by atoms with E-state index in [9.17, 15) is 0 Å². The Kier molecular flexibility index (Phi) is 6.42. The monoisotopic (exact) mass is 219 g/mol. The standard InChI is InChI=1S/C13H21N3/c1-3-4-5-6-7-9-14-11-13-8-10-15-12(2)16-13/h3,8,10,14H,1,4-7,9,11H2,2H3. The summed E-state index contributed by atoms with van der Waals surface area (Å²) in [5.74, 6) is 0.838. The number of aryl methyl sites for hydroxylation is 1. The maximum atomic E-state index is 4.33. The molecule has 3 heteroatoms. The van der Waals surface area contributed by atoms with E-state index in [1.807, 2.05) is 25.3 Å². The van der Waals surface area contributed by atoms with E-state index < -0.39 is 0 Å². The molecule has 0 amide bonds. The van der Waals surface area contributed by atoms with Gasteiger partial charge in [0.25, 0.3) is 0 Å². The maximum Gasteiger partial charge on any atom is 0.125 e. The minimum Gasteiger partial charge on any atom is -0.311 e. The lowest BCUT2D eigenvalue weighted by Gasteiger charge is -2.04. The lowest BCUT2D eigenvalue weighted by atomic mass is 10.2. The summed E-state index contributed by atoms with van der Waals surface area (Å²) in [6.45, 7) is 7.52. The average molecular weight is 219 g/mol. The Morgan fingerprint density at radius 1 is 1.38 bits per heavy atom. The zero-order valence-corrected chi connectivity index (χ0v) is 10.1. The molecular formula is C13H21N3. The van der Waals surface area contributed by atoms with Crippen LogP contribution < -0.4 is 5.32 Å². The van der Waals surface area contributed by atoms with E-state index in [1.54, 1.807) is 0 Å². The third kappa shape index (κ3) is 5.61. The van der Waals surface area contributed by atoms with Crippen molar-refractivity contribution in [2.45, 2.75) is 39.2 Å². The molecule has 0 aliphatic carbocycles. The van der Waals surface area contributed by atoms with Gasteiger partial charge in [-0.1, -0.05) is 12.5 Å². The van der Waals surface area contributed by atoms with E-state index in [2.05, 4.69) is 21.9 Å². The van der Waals surface area contributed by atoms with Crippen LogP contribution >= 0.6 is 0 Å². The van der Waals surface area contributed by atoms with E-state index in [1.165, 1.54) is 19.3 Å². The molecule has 0 radical (unpaired) electrons. The lowest BCUT2D eigenvalue weighted by molar-refractivity contribution is 0.599. The Morgan fingerprint density at radius 2 is 2.25 bits per heavy atom. The van der Waals surface area contributed by atoms with Crippen LogP contribution in [-0.4, -0.2) is 16.5 Å². The van der Waals surface area contributed by atoms with Crippen molar-refractivity contribution in [1.29, 1.82) is 0 Å². The van der Waals surface area contributed by atoms with E-state index in [0.29, 0.717) is 0 Å². The largest absolute Gasteiger partial charge is 0.311 e. The minimum atomic E-state index is 0.838. The van der Waals surface area contributed by atoms with E-state index in [0.717, 1.165) is 31.0 Å². The number of nitrogens with one attached hydrogen (secondary N) is 1. The highest BCUT2D eigenvalue weighted by atomic mass is 14.9. The molecule has 0 atom stereocenters. The quantitative estimate of drug-likeness (QED) is 0.539. The highest BCUT2D eigenvalue weighted by Crippen LogP contribution is 1.99. The van der Waals surface area contributed by atoms with Crippen LogP contribution in [0.2, 0.25) is 0 Å². The van der Waals surface area contributed by atoms with Crippen LogP contribution in [0, 0.1) is 6.92 Å². The average Bonchev–Trinajstić information content (AvgIpc) is 2.28. The third-order valence-electron chi connectivity index (χ3n) is 2.40. The fraction of sp³-hybridized carbons (Fsp3) is 0.538. The Labute approximate surface area is 98.0 Å². The maximum absolute atomic E-state index is 4.33. The van der Waals surface area contributed by atoms with Crippen molar-refractivity contribution in [2.75, 3.05) is 6.54 Å². The van der Waals surface area contributed by atoms with Gasteiger partial charge in [-0.2, -0.15) is 0 Å². The van der Waals surface area contributed by atoms with Crippen molar-refractivity contribution < 1.29 is 0 Å². The summed E-state index contributed by atoms with van der Waals surface area (Å²) in [6.07, 6.45) is 8.66. The van der Waals surface area contributed by atoms with E-state index in [-0.39, 0.29) is 0 Å². The number of hydrogen-bond acceptors (Lipinski definition) is 3. The molecule has 1 heterocycles. The van der Waals surface area contributed by atoms with Crippen LogP contribution in [0.3, 0.4) is 0 Å². The van der Waals surface area contributed by atoms with Gasteiger partial charge >= 0.3 is 0 Å². The van der Waals surface area contributed by atoms with Crippen LogP contribution in [0.4, 0.5) is 0 Å². The number of allylic oxidation sites excluding steroid dienone is 1. The summed E-state index contributed by atoms with van der Waals surface area (Å²) < 4.78 is 0. The van der Waals surface area contributed by atoms with Crippen molar-refractivity contribution >= 4 is 0 Å². The summed E-state index contributed by atoms with van der Waals surface area (Å²) in [7, 11) is 0. The molecule has 3 nitrogen and oxygen atoms in total. The summed E-state index contributed by atoms with van der Waals surface area (Å²) in [5.41, 5.74) is 1.07. The first-order valence-electron chi connectivity index (χ1n) is 5.93. The Morgan fingerprint density at radius 3 is 3.00 bits per heavy atom. The smallest absolute Gasteiger partial charge is 0.125 e. The molecule has 1 rings (SSSR count). The van der Waals surface area contributed by atoms with Crippen molar-refractivity contribution in [2.24, 2.45) is 0 Å². The molecule has 0 spiro atoms. The van der Waals surface area contributed by atoms with Gasteiger partial charge in [0, 0.05) is 12.7 Å². The third-order valence-corrected chi connectivity index (χ3v) is 2.40. The highest BCUT2D eigenvalue weighted by Gasteiger charge is 1.94. The van der Waals surface area contributed by atoms with Crippen LogP contribution in [0.5, 0.6) is 0 Å². The lowest BCUT2D eigenvalue weighted by Crippen LogP contribution is -2.15. The predicted octanol–water partition coefficient (Wildman–Crippen LogP) is 2.62. The molecule has 88 valence electrons. The molecule has 0 aliphatic rings. The van der Waals surface area contributed by atoms with Gasteiger partial charge in [0.15, 0.2) is 0 Å². The molecule has 16 heavy (non-hydrogen) atoms. The number of rotatable bonds is 8. The van der Waals surface area contributed by atoms with Crippen LogP contribution in [0.1, 0.15) is 37.2 Å². The molecule has 0 saturated carbocycles. The first kappa shape index (κ1) is 12.8. The summed E-state index contributed by atoms with van der Waals surface area (Å²) in [5, 5.41) is 3.39. The zero-order chi connectivity index (χ0) is 11.6. The van der Waals surface area contributed by atoms with E-state index >= 15 is 0 Å². The van der Waals surface area contributed by atoms with Crippen LogP contribution in [-0.2, 0) is 6.54 Å². The van der Waals surface area contributed by atoms with Crippen molar-refractivity contribution in [3.05, 3.63) is 36.4 Å². The molecule has 1 aromatic heterocycles. The Bertz CT molecular complexity index is 310. The SMILES string of the molecule is C=CCCCCCNCc1ccnc(C)n1. The van der Waals surface area contributed by atoms with Gasteiger partial charge in [-0.05, 0) is 38.8 Å². The summed E-state index contributed by atoms with van der Waals surface area (Å²) >= 11 is 0. The van der Waals surface area contributed by atoms with Gasteiger partial charge in [0.1, 0.15) is 5.82 Å². The Balaban J connectivity index is 2.05. The van der Waals surface area contributed by atoms with Gasteiger partial charge in [-0.25, -0.2) is 9.97 Å². The number of aromatic nitrogens is 2. The van der Waals surface area contributed by atoms with E-state index in [4.69, 9.17) is 0 Å². The first-order valence-corrected chi connectivity index (χ1v) is 5.93. The van der Waals surface area contributed by atoms with Gasteiger partial charge in [0.2, 0.25) is 0 Å². The second kappa shape index (κ2) is 7.99. The second-order valence-corrected chi connectivity index (χ2v) is 3.91.